The lowest BCUT2D eigenvalue weighted by Gasteiger charge is -2.17. The Labute approximate surface area is 243 Å². The molecule has 0 aliphatic carbocycles. The molecule has 0 atom stereocenters. The minimum Gasteiger partial charge on any atom is -0.350 e. The van der Waals surface area contributed by atoms with Crippen molar-refractivity contribution in [3.05, 3.63) is 112 Å². The topological polar surface area (TPSA) is 117 Å². The zero-order chi connectivity index (χ0) is 29.5. The average molecular weight is 567 g/mol. The minimum absolute atomic E-state index is 0.0829. The van der Waals surface area contributed by atoms with E-state index in [1.165, 1.54) is 18.8 Å². The van der Waals surface area contributed by atoms with Crippen molar-refractivity contribution in [3.8, 4) is 22.5 Å². The van der Waals surface area contributed by atoms with Crippen LogP contribution in [0.3, 0.4) is 0 Å². The van der Waals surface area contributed by atoms with Crippen molar-refractivity contribution in [1.82, 2.24) is 29.8 Å². The zero-order valence-corrected chi connectivity index (χ0v) is 24.0. The zero-order valence-electron chi connectivity index (χ0n) is 24.0. The number of methoxy groups -OCH3 is 2. The molecular weight excluding hydrogens is 532 g/mol. The third-order valence-corrected chi connectivity index (χ3v) is 7.27. The molecule has 0 radical (unpaired) electrons. The predicted molar refractivity (Wildman–Crippen MR) is 159 cm³/mol. The van der Waals surface area contributed by atoms with E-state index in [0.717, 1.165) is 46.4 Å². The molecule has 3 aromatic carbocycles. The van der Waals surface area contributed by atoms with Gasteiger partial charge < -0.3 is 9.47 Å². The number of carbonyl (C=O) groups excluding carboxylic acids is 1. The van der Waals surface area contributed by atoms with E-state index in [2.05, 4.69) is 27.5 Å². The van der Waals surface area contributed by atoms with Gasteiger partial charge in [0.2, 0.25) is 18.0 Å². The summed E-state index contributed by atoms with van der Waals surface area (Å²) in [5.74, 6) is 0.187. The summed E-state index contributed by atoms with van der Waals surface area (Å²) in [5, 5.41) is 14.5. The second-order valence-electron chi connectivity index (χ2n) is 9.98. The molecule has 10 heteroatoms. The minimum atomic E-state index is -0.866. The highest BCUT2D eigenvalue weighted by atomic mass is 16.7. The third kappa shape index (κ3) is 6.00. The number of benzene rings is 3. The molecule has 2 heterocycles. The van der Waals surface area contributed by atoms with Crippen molar-refractivity contribution in [2.45, 2.75) is 45.4 Å². The fraction of sp³-hybridized carbons (Fsp3) is 0.281. The Morgan fingerprint density at radius 1 is 0.905 bits per heavy atom. The number of nitrogens with one attached hydrogen (secondary N) is 1. The van der Waals surface area contributed by atoms with Crippen LogP contribution < -0.4 is 5.69 Å². The average Bonchev–Trinajstić information content (AvgIpc) is 3.65. The molecule has 0 unspecified atom stereocenters. The van der Waals surface area contributed by atoms with E-state index in [1.807, 2.05) is 78.9 Å². The maximum absolute atomic E-state index is 14.0. The van der Waals surface area contributed by atoms with E-state index in [-0.39, 0.29) is 12.3 Å². The molecule has 5 aromatic rings. The van der Waals surface area contributed by atoms with Crippen LogP contribution in [0.1, 0.15) is 53.4 Å². The van der Waals surface area contributed by atoms with Gasteiger partial charge in [0.05, 0.1) is 13.0 Å². The van der Waals surface area contributed by atoms with Gasteiger partial charge in [-0.15, -0.1) is 10.2 Å². The van der Waals surface area contributed by atoms with Crippen molar-refractivity contribution in [1.29, 1.82) is 0 Å². The Morgan fingerprint density at radius 3 is 2.24 bits per heavy atom. The highest BCUT2D eigenvalue weighted by Gasteiger charge is 2.29. The first-order valence-electron chi connectivity index (χ1n) is 13.9. The number of ether oxygens (including phenoxy) is 2. The van der Waals surface area contributed by atoms with Crippen LogP contribution in [0, 0.1) is 0 Å². The number of imidazole rings is 1. The number of rotatable bonds is 12. The lowest BCUT2D eigenvalue weighted by molar-refractivity contribution is -0.110. The second-order valence-corrected chi connectivity index (χ2v) is 9.98. The lowest BCUT2D eigenvalue weighted by atomic mass is 9.98. The van der Waals surface area contributed by atoms with Crippen molar-refractivity contribution in [3.63, 3.8) is 0 Å². The number of tetrazole rings is 1. The summed E-state index contributed by atoms with van der Waals surface area (Å²) in [6, 6.07) is 25.3. The van der Waals surface area contributed by atoms with E-state index in [0.29, 0.717) is 24.5 Å². The monoisotopic (exact) mass is 566 g/mol. The maximum Gasteiger partial charge on any atom is 0.335 e. The summed E-state index contributed by atoms with van der Waals surface area (Å²) in [6.07, 6.45) is 1.59. The van der Waals surface area contributed by atoms with Crippen LogP contribution in [-0.4, -0.2) is 49.9 Å². The first-order valence-corrected chi connectivity index (χ1v) is 13.9. The van der Waals surface area contributed by atoms with Gasteiger partial charge in [0.15, 0.2) is 0 Å². The predicted octanol–water partition coefficient (Wildman–Crippen LogP) is 5.06. The summed E-state index contributed by atoms with van der Waals surface area (Å²) in [4.78, 5) is 27.6. The molecule has 0 spiro atoms. The molecule has 216 valence electrons. The highest BCUT2D eigenvalue weighted by molar-refractivity contribution is 5.82. The molecule has 1 N–H and O–H groups in total. The molecule has 2 aromatic heterocycles. The standard InChI is InChI=1S/C32H34N6O4/c1-4-5-15-27-29(31(41-2)42-3)38(28(39)20-22-11-7-6-8-12-22)32(40)37(27)21-23-16-18-24(19-17-23)25-13-9-10-14-26(25)30-33-35-36-34-30/h6-14,16-19,31H,4-5,15,20-21H2,1-3H3,(H,33,34,35,36). The van der Waals surface area contributed by atoms with Gasteiger partial charge in [-0.2, -0.15) is 5.21 Å². The van der Waals surface area contributed by atoms with Crippen molar-refractivity contribution in [2.75, 3.05) is 14.2 Å². The van der Waals surface area contributed by atoms with Crippen LogP contribution in [0.25, 0.3) is 22.5 Å². The van der Waals surface area contributed by atoms with E-state index in [9.17, 15) is 9.59 Å². The number of H-pyrrole nitrogens is 1. The first-order chi connectivity index (χ1) is 20.5. The van der Waals surface area contributed by atoms with Crippen molar-refractivity contribution >= 4 is 5.91 Å². The van der Waals surface area contributed by atoms with Crippen LogP contribution in [0.15, 0.2) is 83.7 Å². The van der Waals surface area contributed by atoms with Crippen LogP contribution in [0.2, 0.25) is 0 Å². The fourth-order valence-corrected chi connectivity index (χ4v) is 5.21. The Bertz CT molecular complexity index is 1670. The van der Waals surface area contributed by atoms with E-state index in [1.54, 1.807) is 4.57 Å². The number of hydrogen-bond donors (Lipinski definition) is 1. The van der Waals surface area contributed by atoms with Crippen molar-refractivity contribution in [2.24, 2.45) is 0 Å². The molecule has 5 rings (SSSR count). The summed E-state index contributed by atoms with van der Waals surface area (Å²) < 4.78 is 14.1. The molecule has 10 nitrogen and oxygen atoms in total. The van der Waals surface area contributed by atoms with Gasteiger partial charge in [-0.05, 0) is 40.3 Å². The van der Waals surface area contributed by atoms with Gasteiger partial charge >= 0.3 is 5.69 Å². The molecule has 0 bridgehead atoms. The summed E-state index contributed by atoms with van der Waals surface area (Å²) in [6.45, 7) is 2.39. The first kappa shape index (κ1) is 28.8. The van der Waals surface area contributed by atoms with Gasteiger partial charge in [-0.3, -0.25) is 9.36 Å². The Kier molecular flexibility index (Phi) is 9.15. The molecule has 0 saturated heterocycles. The SMILES string of the molecule is CCCCc1c(C(OC)OC)n(C(=O)Cc2ccccc2)c(=O)n1Cc1ccc(-c2ccccc2-c2nn[nH]n2)cc1. The second kappa shape index (κ2) is 13.3. The lowest BCUT2D eigenvalue weighted by Crippen LogP contribution is -2.32. The third-order valence-electron chi connectivity index (χ3n) is 7.27. The van der Waals surface area contributed by atoms with Crippen LogP contribution >= 0.6 is 0 Å². The van der Waals surface area contributed by atoms with Crippen molar-refractivity contribution < 1.29 is 14.3 Å². The number of hydrogen-bond acceptors (Lipinski definition) is 7. The molecule has 0 amide bonds. The molecule has 42 heavy (non-hydrogen) atoms. The van der Waals surface area contributed by atoms with E-state index in [4.69, 9.17) is 9.47 Å². The van der Waals surface area contributed by atoms with Gasteiger partial charge in [-0.1, -0.05) is 92.2 Å². The van der Waals surface area contributed by atoms with Crippen LogP contribution in [0.4, 0.5) is 0 Å². The number of nitrogens with zero attached hydrogens (tertiary/aromatic N) is 5. The Hall–Kier alpha value is -4.67. The van der Waals surface area contributed by atoms with Gasteiger partial charge in [0.1, 0.15) is 5.69 Å². The van der Waals surface area contributed by atoms with Gasteiger partial charge in [0.25, 0.3) is 0 Å². The molecule has 0 aliphatic rings. The molecule has 0 fully saturated rings. The molecule has 0 aliphatic heterocycles. The largest absolute Gasteiger partial charge is 0.350 e. The Morgan fingerprint density at radius 2 is 1.60 bits per heavy atom. The van der Waals surface area contributed by atoms with Crippen LogP contribution in [0.5, 0.6) is 0 Å². The summed E-state index contributed by atoms with van der Waals surface area (Å²) in [5.41, 5.74) is 5.34. The number of aromatic amines is 1. The summed E-state index contributed by atoms with van der Waals surface area (Å²) in [7, 11) is 3.02. The number of aromatic nitrogens is 6. The fourth-order valence-electron chi connectivity index (χ4n) is 5.21. The van der Waals surface area contributed by atoms with Crippen LogP contribution in [-0.2, 0) is 28.9 Å². The smallest absolute Gasteiger partial charge is 0.335 e. The van der Waals surface area contributed by atoms with E-state index < -0.39 is 12.0 Å². The quantitative estimate of drug-likeness (QED) is 0.210. The normalized spacial score (nSPS) is 11.3. The Balaban J connectivity index is 1.53. The van der Waals surface area contributed by atoms with Gasteiger partial charge in [-0.25, -0.2) is 9.36 Å². The maximum atomic E-state index is 14.0. The van der Waals surface area contributed by atoms with E-state index >= 15 is 0 Å². The number of unbranched alkanes of at least 4 members (excludes halogenated alkanes) is 1. The molecule has 0 saturated carbocycles. The number of carbonyl (C=O) groups is 1. The molecular formula is C32H34N6O4. The highest BCUT2D eigenvalue weighted by Crippen LogP contribution is 2.30. The summed E-state index contributed by atoms with van der Waals surface area (Å²) >= 11 is 0. The van der Waals surface area contributed by atoms with Gasteiger partial charge in [0, 0.05) is 25.5 Å².